The molecule has 0 aromatic heterocycles. The van der Waals surface area contributed by atoms with E-state index in [-0.39, 0.29) is 23.6 Å². The van der Waals surface area contributed by atoms with E-state index >= 15 is 0 Å². The van der Waals surface area contributed by atoms with Crippen molar-refractivity contribution in [3.05, 3.63) is 24.3 Å². The molecule has 2 aliphatic rings. The maximum Gasteiger partial charge on any atom is 0.319 e. The van der Waals surface area contributed by atoms with Gasteiger partial charge in [0.25, 0.3) is 0 Å². The van der Waals surface area contributed by atoms with E-state index in [9.17, 15) is 4.79 Å². The minimum Gasteiger partial charge on any atom is -0.377 e. The predicted molar refractivity (Wildman–Crippen MR) is 93.0 cm³/mol. The second kappa shape index (κ2) is 6.04. The van der Waals surface area contributed by atoms with Gasteiger partial charge in [0.2, 0.25) is 0 Å². The number of carbonyl (C=O) groups is 1. The minimum atomic E-state index is -0.135. The maximum absolute atomic E-state index is 12.4. The first-order valence-electron chi connectivity index (χ1n) is 8.43. The van der Waals surface area contributed by atoms with Crippen molar-refractivity contribution in [3.63, 3.8) is 0 Å². The molecule has 2 amide bonds. The van der Waals surface area contributed by atoms with Crippen molar-refractivity contribution in [1.29, 1.82) is 0 Å². The van der Waals surface area contributed by atoms with Crippen LogP contribution < -0.4 is 15.5 Å². The molecule has 0 bridgehead atoms. The molecule has 2 N–H and O–H groups in total. The number of urea groups is 1. The lowest BCUT2D eigenvalue weighted by atomic mass is 9.57. The fourth-order valence-corrected chi connectivity index (χ4v) is 3.93. The van der Waals surface area contributed by atoms with Crippen LogP contribution in [0.25, 0.3) is 0 Å². The predicted octanol–water partition coefficient (Wildman–Crippen LogP) is 3.08. The summed E-state index contributed by atoms with van der Waals surface area (Å²) < 4.78 is 5.77. The number of benzene rings is 1. The number of ether oxygens (including phenoxy) is 1. The number of carbonyl (C=O) groups excluding carboxylic acids is 1. The minimum absolute atomic E-state index is 0.00276. The third kappa shape index (κ3) is 2.90. The Morgan fingerprint density at radius 2 is 2.22 bits per heavy atom. The van der Waals surface area contributed by atoms with Gasteiger partial charge in [-0.05, 0) is 31.5 Å². The molecule has 1 aliphatic heterocycles. The van der Waals surface area contributed by atoms with Gasteiger partial charge in [-0.3, -0.25) is 0 Å². The monoisotopic (exact) mass is 317 g/mol. The van der Waals surface area contributed by atoms with Crippen molar-refractivity contribution >= 4 is 17.4 Å². The topological polar surface area (TPSA) is 53.6 Å². The average molecular weight is 317 g/mol. The lowest BCUT2D eigenvalue weighted by Crippen LogP contribution is -2.67. The van der Waals surface area contributed by atoms with Crippen LogP contribution in [0.1, 0.15) is 27.2 Å². The zero-order valence-corrected chi connectivity index (χ0v) is 14.4. The Hall–Kier alpha value is -1.75. The van der Waals surface area contributed by atoms with Gasteiger partial charge in [-0.2, -0.15) is 0 Å². The standard InChI is InChI=1S/C18H27N3O2/c1-5-21(4)13-8-6-7-12(11-13)19-17(22)20-15-14-9-10-23-16(14)18(15,2)3/h6-8,11,14-16H,5,9-10H2,1-4H3,(H2,19,20,22)/t14-,15+,16+/m0/s1. The smallest absolute Gasteiger partial charge is 0.319 e. The van der Waals surface area contributed by atoms with Gasteiger partial charge in [-0.15, -0.1) is 0 Å². The first kappa shape index (κ1) is 16.1. The summed E-state index contributed by atoms with van der Waals surface area (Å²) in [6.07, 6.45) is 1.32. The summed E-state index contributed by atoms with van der Waals surface area (Å²) in [5.74, 6) is 0.452. The van der Waals surface area contributed by atoms with E-state index in [0.717, 1.165) is 30.9 Å². The van der Waals surface area contributed by atoms with Crippen molar-refractivity contribution in [2.24, 2.45) is 11.3 Å². The van der Waals surface area contributed by atoms with E-state index in [2.05, 4.69) is 36.3 Å². The summed E-state index contributed by atoms with van der Waals surface area (Å²) in [4.78, 5) is 14.5. The molecule has 0 radical (unpaired) electrons. The Labute approximate surface area is 138 Å². The first-order valence-corrected chi connectivity index (χ1v) is 8.43. The largest absolute Gasteiger partial charge is 0.377 e. The van der Waals surface area contributed by atoms with Crippen molar-refractivity contribution < 1.29 is 9.53 Å². The summed E-state index contributed by atoms with van der Waals surface area (Å²) in [6.45, 7) is 8.17. The zero-order chi connectivity index (χ0) is 16.6. The Morgan fingerprint density at radius 1 is 1.43 bits per heavy atom. The van der Waals surface area contributed by atoms with Crippen LogP contribution in [-0.4, -0.2) is 38.4 Å². The van der Waals surface area contributed by atoms with Crippen LogP contribution in [0.2, 0.25) is 0 Å². The van der Waals surface area contributed by atoms with Gasteiger partial charge in [-0.1, -0.05) is 19.9 Å². The molecule has 23 heavy (non-hydrogen) atoms. The molecule has 126 valence electrons. The lowest BCUT2D eigenvalue weighted by Gasteiger charge is -2.54. The van der Waals surface area contributed by atoms with Gasteiger partial charge in [-0.25, -0.2) is 4.79 Å². The molecule has 5 nitrogen and oxygen atoms in total. The summed E-state index contributed by atoms with van der Waals surface area (Å²) in [7, 11) is 2.04. The van der Waals surface area contributed by atoms with Crippen LogP contribution in [0.5, 0.6) is 0 Å². The van der Waals surface area contributed by atoms with Crippen LogP contribution in [0.15, 0.2) is 24.3 Å². The Kier molecular flexibility index (Phi) is 4.23. The van der Waals surface area contributed by atoms with E-state index in [0.29, 0.717) is 5.92 Å². The quantitative estimate of drug-likeness (QED) is 0.897. The van der Waals surface area contributed by atoms with E-state index in [1.807, 2.05) is 31.3 Å². The molecule has 1 aliphatic carbocycles. The fourth-order valence-electron chi connectivity index (χ4n) is 3.93. The van der Waals surface area contributed by atoms with Crippen LogP contribution in [0.4, 0.5) is 16.2 Å². The van der Waals surface area contributed by atoms with Crippen LogP contribution in [0, 0.1) is 11.3 Å². The van der Waals surface area contributed by atoms with Crippen LogP contribution >= 0.6 is 0 Å². The SMILES string of the molecule is CCN(C)c1cccc(NC(=O)N[C@@H]2[C@@H]3CCO[C@H]3C2(C)C)c1. The highest BCUT2D eigenvalue weighted by atomic mass is 16.5. The lowest BCUT2D eigenvalue weighted by molar-refractivity contribution is -0.107. The summed E-state index contributed by atoms with van der Waals surface area (Å²) in [6, 6.07) is 7.96. The van der Waals surface area contributed by atoms with Crippen molar-refractivity contribution in [2.45, 2.75) is 39.3 Å². The molecule has 3 rings (SSSR count). The zero-order valence-electron chi connectivity index (χ0n) is 14.4. The molecule has 0 spiro atoms. The number of hydrogen-bond donors (Lipinski definition) is 2. The Balaban J connectivity index is 1.62. The normalized spacial score (nSPS) is 27.7. The van der Waals surface area contributed by atoms with E-state index in [1.165, 1.54) is 0 Å². The summed E-state index contributed by atoms with van der Waals surface area (Å²) in [5, 5.41) is 6.11. The third-order valence-corrected chi connectivity index (χ3v) is 5.41. The van der Waals surface area contributed by atoms with Crippen molar-refractivity contribution in [1.82, 2.24) is 5.32 Å². The molecule has 1 aromatic rings. The average Bonchev–Trinajstić information content (AvgIpc) is 2.99. The highest BCUT2D eigenvalue weighted by Gasteiger charge is 2.59. The first-order chi connectivity index (χ1) is 10.9. The third-order valence-electron chi connectivity index (χ3n) is 5.41. The molecule has 1 aromatic carbocycles. The maximum atomic E-state index is 12.4. The molecular weight excluding hydrogens is 290 g/mol. The van der Waals surface area contributed by atoms with Crippen LogP contribution in [-0.2, 0) is 4.74 Å². The molecule has 1 saturated heterocycles. The number of rotatable bonds is 4. The van der Waals surface area contributed by atoms with Crippen molar-refractivity contribution in [2.75, 3.05) is 30.4 Å². The van der Waals surface area contributed by atoms with Gasteiger partial charge in [0.1, 0.15) is 0 Å². The highest BCUT2D eigenvalue weighted by Crippen LogP contribution is 2.52. The molecule has 2 fully saturated rings. The number of anilines is 2. The van der Waals surface area contributed by atoms with E-state index in [4.69, 9.17) is 4.74 Å². The van der Waals surface area contributed by atoms with E-state index in [1.54, 1.807) is 0 Å². The molecule has 3 atom stereocenters. The fraction of sp³-hybridized carbons (Fsp3) is 0.611. The number of nitrogens with zero attached hydrogens (tertiary/aromatic N) is 1. The van der Waals surface area contributed by atoms with Gasteiger partial charge < -0.3 is 20.3 Å². The van der Waals surface area contributed by atoms with Crippen LogP contribution in [0.3, 0.4) is 0 Å². The van der Waals surface area contributed by atoms with E-state index < -0.39 is 0 Å². The molecule has 1 heterocycles. The number of amides is 2. The van der Waals surface area contributed by atoms with Gasteiger partial charge >= 0.3 is 6.03 Å². The number of fused-ring (bicyclic) bond motifs is 1. The highest BCUT2D eigenvalue weighted by molar-refractivity contribution is 5.90. The van der Waals surface area contributed by atoms with Gasteiger partial charge in [0.15, 0.2) is 0 Å². The molecule has 1 saturated carbocycles. The Morgan fingerprint density at radius 3 is 2.96 bits per heavy atom. The number of nitrogens with one attached hydrogen (secondary N) is 2. The number of hydrogen-bond acceptors (Lipinski definition) is 3. The van der Waals surface area contributed by atoms with Gasteiger partial charge in [0, 0.05) is 48.9 Å². The Bertz CT molecular complexity index is 587. The molecule has 5 heteroatoms. The van der Waals surface area contributed by atoms with Crippen molar-refractivity contribution in [3.8, 4) is 0 Å². The summed E-state index contributed by atoms with van der Waals surface area (Å²) >= 11 is 0. The summed E-state index contributed by atoms with van der Waals surface area (Å²) in [5.41, 5.74) is 1.91. The van der Waals surface area contributed by atoms with Gasteiger partial charge in [0.05, 0.1) is 6.10 Å². The molecule has 0 unspecified atom stereocenters. The molecular formula is C18H27N3O2. The second-order valence-corrected chi connectivity index (χ2v) is 7.21. The second-order valence-electron chi connectivity index (χ2n) is 7.21.